The average Bonchev–Trinajstić information content (AvgIpc) is 1.67. The molecular weight excluding hydrogens is 1280 g/mol. The molecule has 2 heterocycles. The fraction of sp³-hybridized carbons (Fsp3) is 0.758. The Labute approximate surface area is 634 Å². The Hall–Kier alpha value is -4.30. The summed E-state index contributed by atoms with van der Waals surface area (Å²) in [7, 11) is 1.78. The number of hydrogen-bond acceptors (Lipinski definition) is 11. The van der Waals surface area contributed by atoms with Crippen molar-refractivity contribution in [2.24, 2.45) is 70.5 Å². The molecule has 0 radical (unpaired) electrons. The molecule has 596 valence electrons. The van der Waals surface area contributed by atoms with Crippen LogP contribution in [0.15, 0.2) is 102 Å². The predicted octanol–water partition coefficient (Wildman–Crippen LogP) is 23.4. The van der Waals surface area contributed by atoms with Gasteiger partial charge in [0.2, 0.25) is 5.91 Å². The Morgan fingerprint density at radius 1 is 0.641 bits per heavy atom. The van der Waals surface area contributed by atoms with Crippen molar-refractivity contribution in [3.8, 4) is 0 Å². The van der Waals surface area contributed by atoms with Crippen LogP contribution in [-0.4, -0.2) is 106 Å². The second-order valence-electron chi connectivity index (χ2n) is 32.1. The SMILES string of the molecule is C/C=C\C[C@H](O)C[C@H](C)/C(C)=C\C(CC)CC.C=CC[C@H](O)/C(C)=C\C(CC)CC.CCC(/C=C(/C)[C@@H](C)C[C@@H](C)CC(O)C(C)(C)C(=O)[C@@H]1OC(C)(C)O[C@@H]1C[C@@H](C)C[C@@H](OC)C(C)CC)CC.CCC(/C=C(/C)[C@@H](C)C[C@@H](C)CC=O)CC.CCCC(=O)N1C(=O)OC[C@H]1Cc1ccccc1. The van der Waals surface area contributed by atoms with Gasteiger partial charge in [0, 0.05) is 20.0 Å². The van der Waals surface area contributed by atoms with Crippen LogP contribution in [0.2, 0.25) is 0 Å². The van der Waals surface area contributed by atoms with Crippen molar-refractivity contribution in [2.75, 3.05) is 13.7 Å². The van der Waals surface area contributed by atoms with Crippen LogP contribution in [0.1, 0.15) is 314 Å². The van der Waals surface area contributed by atoms with Gasteiger partial charge in [0.15, 0.2) is 11.6 Å². The lowest BCUT2D eigenvalue weighted by Gasteiger charge is -2.34. The first-order valence-electron chi connectivity index (χ1n) is 40.9. The summed E-state index contributed by atoms with van der Waals surface area (Å²) >= 11 is 0. The van der Waals surface area contributed by atoms with Crippen molar-refractivity contribution in [1.82, 2.24) is 4.90 Å². The van der Waals surface area contributed by atoms with Crippen LogP contribution in [0.3, 0.4) is 0 Å². The van der Waals surface area contributed by atoms with Gasteiger partial charge < -0.3 is 39.1 Å². The second-order valence-corrected chi connectivity index (χ2v) is 32.1. The molecular formula is C91H161NO11. The minimum atomic E-state index is -0.931. The monoisotopic (exact) mass is 1440 g/mol. The van der Waals surface area contributed by atoms with E-state index in [1.165, 1.54) is 60.1 Å². The molecule has 103 heavy (non-hydrogen) atoms. The Morgan fingerprint density at radius 3 is 1.53 bits per heavy atom. The number of nitrogens with zero attached hydrogens (tertiary/aromatic N) is 1. The number of cyclic esters (lactones) is 1. The van der Waals surface area contributed by atoms with Crippen LogP contribution in [0.4, 0.5) is 4.79 Å². The number of ketones is 1. The topological polar surface area (TPSA) is 169 Å². The molecule has 0 bridgehead atoms. The van der Waals surface area contributed by atoms with E-state index in [2.05, 4.69) is 162 Å². The van der Waals surface area contributed by atoms with Gasteiger partial charge >= 0.3 is 6.09 Å². The van der Waals surface area contributed by atoms with Crippen LogP contribution < -0.4 is 0 Å². The Morgan fingerprint density at radius 2 is 1.11 bits per heavy atom. The van der Waals surface area contributed by atoms with Crippen molar-refractivity contribution >= 4 is 24.1 Å². The first-order chi connectivity index (χ1) is 48.5. The second kappa shape index (κ2) is 56.0. The third-order valence-corrected chi connectivity index (χ3v) is 22.1. The van der Waals surface area contributed by atoms with Gasteiger partial charge in [-0.1, -0.05) is 228 Å². The molecule has 0 aromatic heterocycles. The molecule has 1 aromatic rings. The zero-order valence-electron chi connectivity index (χ0n) is 71.2. The summed E-state index contributed by atoms with van der Waals surface area (Å²) in [5.74, 6) is 4.78. The van der Waals surface area contributed by atoms with Gasteiger partial charge in [-0.15, -0.1) is 6.58 Å². The highest BCUT2D eigenvalue weighted by Crippen LogP contribution is 2.40. The van der Waals surface area contributed by atoms with Crippen LogP contribution in [0.5, 0.6) is 0 Å². The number of aliphatic hydroxyl groups excluding tert-OH is 3. The van der Waals surface area contributed by atoms with E-state index in [0.29, 0.717) is 97.9 Å². The molecule has 0 saturated carbocycles. The van der Waals surface area contributed by atoms with E-state index in [9.17, 15) is 34.5 Å². The minimum absolute atomic E-state index is 0.0620. The highest BCUT2D eigenvalue weighted by atomic mass is 16.8. The largest absolute Gasteiger partial charge is 0.447 e. The molecule has 0 aliphatic carbocycles. The quantitative estimate of drug-likeness (QED) is 0.0420. The number of rotatable bonds is 44. The fourth-order valence-electron chi connectivity index (χ4n) is 13.7. The van der Waals surface area contributed by atoms with Gasteiger partial charge in [-0.2, -0.15) is 0 Å². The van der Waals surface area contributed by atoms with E-state index in [1.54, 1.807) is 13.2 Å². The molecule has 2 aliphatic heterocycles. The minimum Gasteiger partial charge on any atom is -0.447 e. The highest BCUT2D eigenvalue weighted by molar-refractivity contribution is 5.93. The number of Topliss-reactive ketones (excluding diaryl/α,β-unsaturated/α-hetero) is 1. The van der Waals surface area contributed by atoms with Gasteiger partial charge in [0.25, 0.3) is 0 Å². The zero-order valence-corrected chi connectivity index (χ0v) is 71.2. The van der Waals surface area contributed by atoms with Crippen LogP contribution in [0, 0.1) is 70.5 Å². The number of hydrogen-bond donors (Lipinski definition) is 3. The summed E-state index contributed by atoms with van der Waals surface area (Å²) in [6.07, 6.45) is 33.4. The van der Waals surface area contributed by atoms with Crippen molar-refractivity contribution in [3.05, 3.63) is 107 Å². The lowest BCUT2D eigenvalue weighted by molar-refractivity contribution is -0.162. The third-order valence-electron chi connectivity index (χ3n) is 22.1. The maximum absolute atomic E-state index is 13.9. The van der Waals surface area contributed by atoms with Crippen LogP contribution in [-0.2, 0) is 39.8 Å². The number of allylic oxidation sites excluding steroid dienone is 8. The third kappa shape index (κ3) is 41.0. The molecule has 3 rings (SSSR count). The average molecular weight is 1450 g/mol. The number of carbonyl (C=O) groups is 4. The smallest absolute Gasteiger partial charge is 0.416 e. The molecule has 2 saturated heterocycles. The number of carbonyl (C=O) groups excluding carboxylic acids is 4. The molecule has 12 nitrogen and oxygen atoms in total. The van der Waals surface area contributed by atoms with Gasteiger partial charge in [-0.3, -0.25) is 9.59 Å². The van der Waals surface area contributed by atoms with E-state index < -0.39 is 29.5 Å². The van der Waals surface area contributed by atoms with Crippen molar-refractivity contribution in [2.45, 2.75) is 363 Å². The standard InChI is InChI=1S/C34H64O5.C16H30O.C15H28O.C14H17NO3.C12H22O/c1-14-24(6)28(37-13)18-23(5)19-29-31(39-34(11,12)38-29)32(36)33(9,10)30(35)20-22(4)17-25(7)26(8)21-27(15-2)16-3;1-6-9-10-16(17)12-14(5)13(4)11-15(7-2)8-3;1-6-15(7-2)11-14(5)13(4)10-12(3)8-9-16;1-2-6-13(16)15-12(10-18-14(15)17)9-11-7-4-3-5-8-11;1-5-8-12(13)10(4)9-11(6-2)7-3/h21-25,27-31,35H,14-20H2,1-13H3;6,9,11,14-17H,7-8,10,12H2,1-5H3;9,11-13,15H,6-8,10H2,1-5H3;3-5,7-8,12H,2,6,9-10H2,1H3;5,9,11-13H,1,6-8H2,2-4H3/b26-21-;9-6-,13-11-;14-11-;;10-9-/t22-,23+,24?,25+,28-,29-,30?,31-;14-,16-;12-,13-;2*12-/m10010/s1. The van der Waals surface area contributed by atoms with E-state index >= 15 is 0 Å². The molecule has 1 aromatic carbocycles. The number of ether oxygens (including phenoxy) is 4. The maximum Gasteiger partial charge on any atom is 0.416 e. The summed E-state index contributed by atoms with van der Waals surface area (Å²) in [5, 5.41) is 30.8. The number of benzene rings is 1. The van der Waals surface area contributed by atoms with E-state index in [0.717, 1.165) is 87.5 Å². The molecule has 2 fully saturated rings. The Bertz CT molecular complexity index is 2570. The van der Waals surface area contributed by atoms with Crippen LogP contribution in [0.25, 0.3) is 0 Å². The van der Waals surface area contributed by atoms with Gasteiger partial charge in [0.05, 0.1) is 42.0 Å². The summed E-state index contributed by atoms with van der Waals surface area (Å²) < 4.78 is 23.2. The summed E-state index contributed by atoms with van der Waals surface area (Å²) in [5.41, 5.74) is 5.60. The van der Waals surface area contributed by atoms with Crippen molar-refractivity contribution in [3.63, 3.8) is 0 Å². The van der Waals surface area contributed by atoms with Crippen LogP contribution >= 0.6 is 0 Å². The summed E-state index contributed by atoms with van der Waals surface area (Å²) in [6, 6.07) is 9.66. The number of methoxy groups -OCH3 is 1. The first kappa shape index (κ1) is 101. The van der Waals surface area contributed by atoms with Gasteiger partial charge in [-0.25, -0.2) is 9.69 Å². The number of amides is 2. The first-order valence-corrected chi connectivity index (χ1v) is 40.9. The Kier molecular flexibility index (Phi) is 54.8. The van der Waals surface area contributed by atoms with Crippen molar-refractivity contribution in [1.29, 1.82) is 0 Å². The molecule has 2 aliphatic rings. The van der Waals surface area contributed by atoms with E-state index in [4.69, 9.17) is 18.9 Å². The Balaban J connectivity index is 0. The molecule has 12 heteroatoms. The number of aliphatic hydroxyl groups is 3. The summed E-state index contributed by atoms with van der Waals surface area (Å²) in [6.45, 7) is 59.5. The highest BCUT2D eigenvalue weighted by Gasteiger charge is 2.51. The predicted molar refractivity (Wildman–Crippen MR) is 437 cm³/mol. The molecule has 2 unspecified atom stereocenters. The number of aldehydes is 1. The van der Waals surface area contributed by atoms with Gasteiger partial charge in [-0.05, 0) is 240 Å². The lowest BCUT2D eigenvalue weighted by Crippen LogP contribution is -2.47. The fourth-order valence-corrected chi connectivity index (χ4v) is 13.7. The molecule has 14 atom stereocenters. The van der Waals surface area contributed by atoms with E-state index in [1.807, 2.05) is 91.0 Å². The molecule has 2 amide bonds. The van der Waals surface area contributed by atoms with Crippen molar-refractivity contribution < 1.29 is 53.4 Å². The normalized spacial score (nSPS) is 19.8. The van der Waals surface area contributed by atoms with E-state index in [-0.39, 0.29) is 42.1 Å². The number of imide groups is 1. The lowest BCUT2D eigenvalue weighted by atomic mass is 9.74. The zero-order chi connectivity index (χ0) is 79.2. The maximum atomic E-state index is 13.9. The molecule has 3 N–H and O–H groups in total. The van der Waals surface area contributed by atoms with Gasteiger partial charge in [0.1, 0.15) is 19.0 Å². The summed E-state index contributed by atoms with van der Waals surface area (Å²) in [4.78, 5) is 49.1. The molecule has 0 spiro atoms.